The lowest BCUT2D eigenvalue weighted by atomic mass is 10.2. The van der Waals surface area contributed by atoms with Gasteiger partial charge in [0.15, 0.2) is 0 Å². The molecule has 1 rings (SSSR count). The van der Waals surface area contributed by atoms with Crippen LogP contribution in [0.4, 0.5) is 5.95 Å². The summed E-state index contributed by atoms with van der Waals surface area (Å²) in [6, 6.07) is 1.84. The van der Waals surface area contributed by atoms with Crippen LogP contribution in [0.3, 0.4) is 0 Å². The minimum atomic E-state index is 0.524. The molecule has 0 bridgehead atoms. The fourth-order valence-electron chi connectivity index (χ4n) is 1.50. The third-order valence-corrected chi connectivity index (χ3v) is 2.51. The molecule has 90 valence electrons. The molecule has 0 saturated carbocycles. The third-order valence-electron chi connectivity index (χ3n) is 2.32. The quantitative estimate of drug-likeness (QED) is 0.585. The standard InChI is InChI=1S/C12H20ClN3/c1-3-5-6-8-14-12-15-10(7-4-2)9-11(13)16-12/h9H,3-8H2,1-2H3,(H,14,15,16). The van der Waals surface area contributed by atoms with Crippen molar-refractivity contribution in [3.63, 3.8) is 0 Å². The first-order valence-electron chi connectivity index (χ1n) is 6.03. The first-order valence-corrected chi connectivity index (χ1v) is 6.41. The highest BCUT2D eigenvalue weighted by molar-refractivity contribution is 6.29. The molecule has 1 aromatic rings. The Hall–Kier alpha value is -0.830. The third kappa shape index (κ3) is 4.79. The summed E-state index contributed by atoms with van der Waals surface area (Å²) < 4.78 is 0. The number of nitrogens with one attached hydrogen (secondary N) is 1. The Morgan fingerprint density at radius 2 is 2.00 bits per heavy atom. The normalized spacial score (nSPS) is 10.4. The minimum Gasteiger partial charge on any atom is -0.354 e. The van der Waals surface area contributed by atoms with Crippen molar-refractivity contribution >= 4 is 17.5 Å². The van der Waals surface area contributed by atoms with Crippen LogP contribution in [0.2, 0.25) is 5.15 Å². The van der Waals surface area contributed by atoms with E-state index in [2.05, 4.69) is 29.1 Å². The molecule has 16 heavy (non-hydrogen) atoms. The molecule has 0 atom stereocenters. The predicted molar refractivity (Wildman–Crippen MR) is 69.1 cm³/mol. The molecule has 0 radical (unpaired) electrons. The van der Waals surface area contributed by atoms with Gasteiger partial charge in [-0.1, -0.05) is 44.7 Å². The molecule has 0 aliphatic heterocycles. The molecule has 4 heteroatoms. The second-order valence-electron chi connectivity index (χ2n) is 3.89. The molecule has 0 saturated heterocycles. The van der Waals surface area contributed by atoms with E-state index >= 15 is 0 Å². The highest BCUT2D eigenvalue weighted by atomic mass is 35.5. The van der Waals surface area contributed by atoms with Gasteiger partial charge in [-0.05, 0) is 18.9 Å². The van der Waals surface area contributed by atoms with Crippen molar-refractivity contribution in [3.05, 3.63) is 16.9 Å². The number of anilines is 1. The number of aromatic nitrogens is 2. The van der Waals surface area contributed by atoms with Crippen LogP contribution in [-0.4, -0.2) is 16.5 Å². The Morgan fingerprint density at radius 3 is 2.69 bits per heavy atom. The zero-order chi connectivity index (χ0) is 11.8. The number of hydrogen-bond acceptors (Lipinski definition) is 3. The Kier molecular flexibility index (Phi) is 6.16. The fraction of sp³-hybridized carbons (Fsp3) is 0.667. The monoisotopic (exact) mass is 241 g/mol. The van der Waals surface area contributed by atoms with Gasteiger partial charge in [0.2, 0.25) is 5.95 Å². The van der Waals surface area contributed by atoms with Gasteiger partial charge in [-0.15, -0.1) is 0 Å². The molecule has 0 aliphatic carbocycles. The summed E-state index contributed by atoms with van der Waals surface area (Å²) in [6.07, 6.45) is 5.62. The van der Waals surface area contributed by atoms with Crippen LogP contribution in [0.5, 0.6) is 0 Å². The molecule has 0 aromatic carbocycles. The fourth-order valence-corrected chi connectivity index (χ4v) is 1.71. The molecular formula is C12H20ClN3. The van der Waals surface area contributed by atoms with Gasteiger partial charge in [0.1, 0.15) is 5.15 Å². The number of hydrogen-bond donors (Lipinski definition) is 1. The van der Waals surface area contributed by atoms with Crippen LogP contribution < -0.4 is 5.32 Å². The number of rotatable bonds is 7. The second kappa shape index (κ2) is 7.44. The van der Waals surface area contributed by atoms with Gasteiger partial charge in [-0.25, -0.2) is 9.97 Å². The number of unbranched alkanes of at least 4 members (excludes halogenated alkanes) is 2. The SMILES string of the molecule is CCCCCNc1nc(Cl)cc(CCC)n1. The van der Waals surface area contributed by atoms with Gasteiger partial charge in [0.05, 0.1) is 0 Å². The molecule has 1 N–H and O–H groups in total. The number of halogens is 1. The number of aryl methyl sites for hydroxylation is 1. The lowest BCUT2D eigenvalue weighted by Crippen LogP contribution is -2.07. The van der Waals surface area contributed by atoms with Crippen molar-refractivity contribution in [1.82, 2.24) is 9.97 Å². The van der Waals surface area contributed by atoms with Gasteiger partial charge < -0.3 is 5.32 Å². The van der Waals surface area contributed by atoms with Crippen molar-refractivity contribution < 1.29 is 0 Å². The van der Waals surface area contributed by atoms with Crippen molar-refractivity contribution in [2.75, 3.05) is 11.9 Å². The van der Waals surface area contributed by atoms with Gasteiger partial charge in [0.25, 0.3) is 0 Å². The van der Waals surface area contributed by atoms with Gasteiger partial charge in [0, 0.05) is 12.2 Å². The van der Waals surface area contributed by atoms with E-state index in [1.807, 2.05) is 6.07 Å². The van der Waals surface area contributed by atoms with Gasteiger partial charge in [-0.2, -0.15) is 0 Å². The lowest BCUT2D eigenvalue weighted by molar-refractivity contribution is 0.739. The zero-order valence-corrected chi connectivity index (χ0v) is 10.8. The van der Waals surface area contributed by atoms with E-state index in [1.165, 1.54) is 12.8 Å². The van der Waals surface area contributed by atoms with E-state index in [0.29, 0.717) is 11.1 Å². The Labute approximate surface area is 103 Å². The van der Waals surface area contributed by atoms with Crippen molar-refractivity contribution in [1.29, 1.82) is 0 Å². The zero-order valence-electron chi connectivity index (χ0n) is 10.1. The lowest BCUT2D eigenvalue weighted by Gasteiger charge is -2.06. The van der Waals surface area contributed by atoms with Crippen LogP contribution in [-0.2, 0) is 6.42 Å². The summed E-state index contributed by atoms with van der Waals surface area (Å²) in [5, 5.41) is 3.74. The summed E-state index contributed by atoms with van der Waals surface area (Å²) in [4.78, 5) is 8.57. The van der Waals surface area contributed by atoms with Crippen LogP contribution in [0.15, 0.2) is 6.07 Å². The first-order chi connectivity index (χ1) is 7.76. The summed E-state index contributed by atoms with van der Waals surface area (Å²) in [7, 11) is 0. The largest absolute Gasteiger partial charge is 0.354 e. The predicted octanol–water partition coefficient (Wildman–Crippen LogP) is 3.68. The van der Waals surface area contributed by atoms with Crippen LogP contribution in [0.25, 0.3) is 0 Å². The van der Waals surface area contributed by atoms with E-state index in [0.717, 1.165) is 31.5 Å². The summed E-state index contributed by atoms with van der Waals surface area (Å²) in [5.41, 5.74) is 1.01. The molecule has 0 fully saturated rings. The molecular weight excluding hydrogens is 222 g/mol. The van der Waals surface area contributed by atoms with Crippen LogP contribution in [0.1, 0.15) is 45.2 Å². The van der Waals surface area contributed by atoms with Crippen LogP contribution in [0, 0.1) is 0 Å². The summed E-state index contributed by atoms with van der Waals surface area (Å²) >= 11 is 5.93. The van der Waals surface area contributed by atoms with E-state index in [4.69, 9.17) is 11.6 Å². The number of nitrogens with zero attached hydrogens (tertiary/aromatic N) is 2. The Bertz CT molecular complexity index is 315. The molecule has 0 amide bonds. The van der Waals surface area contributed by atoms with Crippen molar-refractivity contribution in [3.8, 4) is 0 Å². The average molecular weight is 242 g/mol. The average Bonchev–Trinajstić information content (AvgIpc) is 2.24. The van der Waals surface area contributed by atoms with E-state index in [9.17, 15) is 0 Å². The molecule has 0 unspecified atom stereocenters. The summed E-state index contributed by atoms with van der Waals surface area (Å²) in [6.45, 7) is 5.24. The first kappa shape index (κ1) is 13.2. The summed E-state index contributed by atoms with van der Waals surface area (Å²) in [5.74, 6) is 0.659. The van der Waals surface area contributed by atoms with E-state index in [1.54, 1.807) is 0 Å². The maximum Gasteiger partial charge on any atom is 0.224 e. The van der Waals surface area contributed by atoms with Gasteiger partial charge in [-0.3, -0.25) is 0 Å². The molecule has 0 spiro atoms. The maximum absolute atomic E-state index is 5.93. The molecule has 3 nitrogen and oxygen atoms in total. The Balaban J connectivity index is 2.51. The van der Waals surface area contributed by atoms with Crippen molar-refractivity contribution in [2.45, 2.75) is 46.0 Å². The topological polar surface area (TPSA) is 37.8 Å². The smallest absolute Gasteiger partial charge is 0.224 e. The van der Waals surface area contributed by atoms with E-state index < -0.39 is 0 Å². The van der Waals surface area contributed by atoms with Crippen LogP contribution >= 0.6 is 11.6 Å². The minimum absolute atomic E-state index is 0.524. The maximum atomic E-state index is 5.93. The highest BCUT2D eigenvalue weighted by Crippen LogP contribution is 2.12. The Morgan fingerprint density at radius 1 is 1.19 bits per heavy atom. The van der Waals surface area contributed by atoms with Gasteiger partial charge >= 0.3 is 0 Å². The highest BCUT2D eigenvalue weighted by Gasteiger charge is 2.01. The molecule has 0 aliphatic rings. The second-order valence-corrected chi connectivity index (χ2v) is 4.28. The molecule has 1 aromatic heterocycles. The van der Waals surface area contributed by atoms with E-state index in [-0.39, 0.29) is 0 Å². The molecule has 1 heterocycles. The van der Waals surface area contributed by atoms with Crippen molar-refractivity contribution in [2.24, 2.45) is 0 Å².